The van der Waals surface area contributed by atoms with Crippen LogP contribution in [0.25, 0.3) is 5.69 Å². The van der Waals surface area contributed by atoms with Crippen LogP contribution in [0, 0.1) is 6.92 Å². The van der Waals surface area contributed by atoms with E-state index < -0.39 is 29.7 Å². The molecule has 0 saturated heterocycles. The fourth-order valence-electron chi connectivity index (χ4n) is 4.52. The van der Waals surface area contributed by atoms with Crippen molar-refractivity contribution in [3.63, 3.8) is 0 Å². The molecule has 4 aromatic rings. The van der Waals surface area contributed by atoms with Crippen LogP contribution >= 0.6 is 15.9 Å². The normalized spacial score (nSPS) is 17.2. The first kappa shape index (κ1) is 24.9. The van der Waals surface area contributed by atoms with Crippen LogP contribution in [0.5, 0.6) is 0 Å². The van der Waals surface area contributed by atoms with E-state index in [-0.39, 0.29) is 28.1 Å². The maximum atomic E-state index is 14.1. The summed E-state index contributed by atoms with van der Waals surface area (Å²) in [6.45, 7) is 1.66. The monoisotopic (exact) mass is 574 g/mol. The van der Waals surface area contributed by atoms with E-state index in [1.165, 1.54) is 4.68 Å². The number of hydrogen-bond donors (Lipinski definition) is 2. The highest BCUT2D eigenvalue weighted by atomic mass is 79.9. The SMILES string of the molecule is Cc1c(NC(=O)c2nn3c(c2Br)N[C@H](c2ccccc2)C[C@@H]3C(F)(F)F)c(=O)n(-c2ccccc2)n1C. The van der Waals surface area contributed by atoms with Gasteiger partial charge < -0.3 is 10.6 Å². The summed E-state index contributed by atoms with van der Waals surface area (Å²) < 4.78 is 46.0. The number of carbonyl (C=O) groups is 1. The van der Waals surface area contributed by atoms with Crippen LogP contribution in [0.1, 0.15) is 40.3 Å². The van der Waals surface area contributed by atoms with Gasteiger partial charge >= 0.3 is 6.18 Å². The molecule has 1 aliphatic rings. The van der Waals surface area contributed by atoms with Crippen molar-refractivity contribution in [2.24, 2.45) is 7.05 Å². The number of nitrogens with one attached hydrogen (secondary N) is 2. The molecule has 0 bridgehead atoms. The van der Waals surface area contributed by atoms with Gasteiger partial charge in [-0.05, 0) is 40.5 Å². The predicted molar refractivity (Wildman–Crippen MR) is 136 cm³/mol. The molecule has 2 N–H and O–H groups in total. The highest BCUT2D eigenvalue weighted by Crippen LogP contribution is 2.46. The standard InChI is InChI=1S/C25H22BrF3N6O2/c1-14-20(24(37)35(33(14)2)16-11-7-4-8-12-16)31-23(36)21-19(26)22-30-17(15-9-5-3-6-10-15)13-18(25(27,28)29)34(22)32-21/h3-12,17-18,30H,13H2,1-2H3,(H,31,36)/t17-,18+/m0/s1. The van der Waals surface area contributed by atoms with E-state index in [4.69, 9.17) is 0 Å². The van der Waals surface area contributed by atoms with Crippen LogP contribution in [0.3, 0.4) is 0 Å². The van der Waals surface area contributed by atoms with Gasteiger partial charge in [0.2, 0.25) is 0 Å². The number of benzene rings is 2. The molecule has 3 heterocycles. The molecular formula is C25H22BrF3N6O2. The summed E-state index contributed by atoms with van der Waals surface area (Å²) in [6, 6.07) is 15.1. The largest absolute Gasteiger partial charge is 0.410 e. The zero-order valence-corrected chi connectivity index (χ0v) is 21.3. The third-order valence-electron chi connectivity index (χ3n) is 6.51. The van der Waals surface area contributed by atoms with Crippen molar-refractivity contribution in [3.8, 4) is 5.69 Å². The molecule has 192 valence electrons. The van der Waals surface area contributed by atoms with Crippen LogP contribution in [-0.2, 0) is 7.05 Å². The topological polar surface area (TPSA) is 85.9 Å². The van der Waals surface area contributed by atoms with Gasteiger partial charge in [0.15, 0.2) is 11.7 Å². The average Bonchev–Trinajstić information content (AvgIpc) is 3.32. The van der Waals surface area contributed by atoms with E-state index >= 15 is 0 Å². The van der Waals surface area contributed by atoms with Crippen LogP contribution in [-0.4, -0.2) is 31.2 Å². The van der Waals surface area contributed by atoms with Crippen molar-refractivity contribution in [2.75, 3.05) is 10.6 Å². The van der Waals surface area contributed by atoms with Crippen LogP contribution in [0.2, 0.25) is 0 Å². The minimum absolute atomic E-state index is 0.0108. The number of nitrogens with zero attached hydrogens (tertiary/aromatic N) is 4. The summed E-state index contributed by atoms with van der Waals surface area (Å²) in [5.41, 5.74) is 1.02. The Morgan fingerprint density at radius 1 is 1.11 bits per heavy atom. The summed E-state index contributed by atoms with van der Waals surface area (Å²) in [6.07, 6.45) is -4.89. The fourth-order valence-corrected chi connectivity index (χ4v) is 5.08. The molecule has 0 aliphatic carbocycles. The van der Waals surface area contributed by atoms with Crippen LogP contribution < -0.4 is 16.2 Å². The number of carbonyl (C=O) groups excluding carboxylic acids is 1. The van der Waals surface area contributed by atoms with E-state index in [9.17, 15) is 22.8 Å². The quantitative estimate of drug-likeness (QED) is 0.344. The molecule has 0 unspecified atom stereocenters. The van der Waals surface area contributed by atoms with Gasteiger partial charge in [0, 0.05) is 13.5 Å². The number of para-hydroxylation sites is 1. The number of hydrogen-bond acceptors (Lipinski definition) is 4. The molecule has 8 nitrogen and oxygen atoms in total. The first-order chi connectivity index (χ1) is 17.6. The highest BCUT2D eigenvalue weighted by molar-refractivity contribution is 9.10. The van der Waals surface area contributed by atoms with Crippen molar-refractivity contribution < 1.29 is 18.0 Å². The Morgan fingerprint density at radius 2 is 1.73 bits per heavy atom. The van der Waals surface area contributed by atoms with Crippen molar-refractivity contribution in [1.82, 2.24) is 19.1 Å². The number of halogens is 4. The van der Waals surface area contributed by atoms with Crippen LogP contribution in [0.15, 0.2) is 69.9 Å². The van der Waals surface area contributed by atoms with E-state index in [1.54, 1.807) is 73.3 Å². The van der Waals surface area contributed by atoms with E-state index in [1.807, 2.05) is 6.07 Å². The molecule has 37 heavy (non-hydrogen) atoms. The fraction of sp³-hybridized carbons (Fsp3) is 0.240. The molecule has 1 aliphatic heterocycles. The molecule has 0 radical (unpaired) electrons. The maximum Gasteiger partial charge on any atom is 0.410 e. The number of aromatic nitrogens is 4. The van der Waals surface area contributed by atoms with Gasteiger partial charge in [0.1, 0.15) is 11.5 Å². The minimum Gasteiger partial charge on any atom is -0.362 e. The summed E-state index contributed by atoms with van der Waals surface area (Å²) in [4.78, 5) is 26.4. The Bertz CT molecular complexity index is 1530. The van der Waals surface area contributed by atoms with Crippen molar-refractivity contribution in [2.45, 2.75) is 31.6 Å². The molecule has 0 spiro atoms. The first-order valence-corrected chi connectivity index (χ1v) is 12.2. The third-order valence-corrected chi connectivity index (χ3v) is 7.26. The molecule has 2 aromatic carbocycles. The molecule has 2 aromatic heterocycles. The van der Waals surface area contributed by atoms with Gasteiger partial charge in [-0.2, -0.15) is 18.3 Å². The molecule has 0 fully saturated rings. The van der Waals surface area contributed by atoms with E-state index in [2.05, 4.69) is 31.7 Å². The second-order valence-corrected chi connectivity index (χ2v) is 9.54. The Morgan fingerprint density at radius 3 is 2.35 bits per heavy atom. The summed E-state index contributed by atoms with van der Waals surface area (Å²) in [7, 11) is 1.67. The second-order valence-electron chi connectivity index (χ2n) is 8.75. The molecule has 2 atom stereocenters. The number of anilines is 2. The van der Waals surface area contributed by atoms with Gasteiger partial charge in [-0.1, -0.05) is 48.5 Å². The van der Waals surface area contributed by atoms with E-state index in [0.717, 1.165) is 4.68 Å². The average molecular weight is 575 g/mol. The Kier molecular flexibility index (Phi) is 6.22. The van der Waals surface area contributed by atoms with Crippen molar-refractivity contribution >= 4 is 33.3 Å². The zero-order valence-electron chi connectivity index (χ0n) is 19.8. The second kappa shape index (κ2) is 9.25. The highest BCUT2D eigenvalue weighted by Gasteiger charge is 2.47. The zero-order chi connectivity index (χ0) is 26.5. The number of alkyl halides is 3. The van der Waals surface area contributed by atoms with Gasteiger partial charge in [0.05, 0.1) is 21.9 Å². The summed E-state index contributed by atoms with van der Waals surface area (Å²) in [5.74, 6) is -0.766. The Hall–Kier alpha value is -3.80. The molecule has 1 amide bonds. The lowest BCUT2D eigenvalue weighted by molar-refractivity contribution is -0.173. The van der Waals surface area contributed by atoms with Crippen LogP contribution in [0.4, 0.5) is 24.7 Å². The lowest BCUT2D eigenvalue weighted by Crippen LogP contribution is -2.35. The number of fused-ring (bicyclic) bond motifs is 1. The van der Waals surface area contributed by atoms with Gasteiger partial charge in [0.25, 0.3) is 11.5 Å². The lowest BCUT2D eigenvalue weighted by atomic mass is 9.97. The Labute approximate surface area is 217 Å². The number of amides is 1. The first-order valence-electron chi connectivity index (χ1n) is 11.4. The summed E-state index contributed by atoms with van der Waals surface area (Å²) in [5, 5.41) is 9.68. The van der Waals surface area contributed by atoms with Crippen molar-refractivity contribution in [3.05, 3.63) is 92.4 Å². The minimum atomic E-state index is -4.59. The van der Waals surface area contributed by atoms with Gasteiger partial charge in [-0.25, -0.2) is 9.36 Å². The van der Waals surface area contributed by atoms with Gasteiger partial charge in [-0.15, -0.1) is 0 Å². The van der Waals surface area contributed by atoms with Gasteiger partial charge in [-0.3, -0.25) is 14.3 Å². The van der Waals surface area contributed by atoms with Crippen molar-refractivity contribution in [1.29, 1.82) is 0 Å². The maximum absolute atomic E-state index is 14.1. The lowest BCUT2D eigenvalue weighted by Gasteiger charge is -2.33. The number of rotatable bonds is 4. The molecule has 12 heteroatoms. The molecule has 5 rings (SSSR count). The van der Waals surface area contributed by atoms with E-state index in [0.29, 0.717) is 16.9 Å². The predicted octanol–water partition coefficient (Wildman–Crippen LogP) is 5.36. The Balaban J connectivity index is 1.52. The third kappa shape index (κ3) is 4.35. The summed E-state index contributed by atoms with van der Waals surface area (Å²) >= 11 is 3.28. The molecule has 0 saturated carbocycles. The molecular weight excluding hydrogens is 553 g/mol. The smallest absolute Gasteiger partial charge is 0.362 e.